The van der Waals surface area contributed by atoms with Gasteiger partial charge in [-0.1, -0.05) is 54.2 Å². The minimum Gasteiger partial charge on any atom is -0.494 e. The largest absolute Gasteiger partial charge is 0.494 e. The second kappa shape index (κ2) is 9.84. The smallest absolute Gasteiger partial charge is 0.236 e. The summed E-state index contributed by atoms with van der Waals surface area (Å²) < 4.78 is 12.5. The van der Waals surface area contributed by atoms with Crippen molar-refractivity contribution < 1.29 is 14.3 Å². The van der Waals surface area contributed by atoms with E-state index in [1.165, 1.54) is 11.8 Å². The molecule has 1 aliphatic rings. The average molecular weight is 440 g/mol. The molecule has 2 aromatic carbocycles. The van der Waals surface area contributed by atoms with Crippen LogP contribution in [-0.4, -0.2) is 52.9 Å². The van der Waals surface area contributed by atoms with Crippen LogP contribution in [-0.2, 0) is 9.53 Å². The maximum Gasteiger partial charge on any atom is 0.236 e. The third-order valence-corrected chi connectivity index (χ3v) is 6.10. The highest BCUT2D eigenvalue weighted by Gasteiger charge is 2.37. The summed E-state index contributed by atoms with van der Waals surface area (Å²) in [5, 5.41) is 11.9. The van der Waals surface area contributed by atoms with E-state index in [2.05, 4.69) is 20.9 Å². The minimum absolute atomic E-state index is 0.0797. The molecular weight excluding hydrogens is 414 g/mol. The molecule has 0 radical (unpaired) electrons. The van der Waals surface area contributed by atoms with Crippen LogP contribution in [0.15, 0.2) is 59.8 Å². The minimum atomic E-state index is -0.421. The zero-order valence-electron chi connectivity index (χ0n) is 17.4. The van der Waals surface area contributed by atoms with Crippen LogP contribution < -0.4 is 15.5 Å². The van der Waals surface area contributed by atoms with Crippen molar-refractivity contribution in [1.82, 2.24) is 20.2 Å². The van der Waals surface area contributed by atoms with Gasteiger partial charge in [0.15, 0.2) is 5.82 Å². The molecule has 0 aliphatic carbocycles. The first kappa shape index (κ1) is 21.2. The molecule has 2 N–H and O–H groups in total. The fourth-order valence-electron chi connectivity index (χ4n) is 3.39. The zero-order chi connectivity index (χ0) is 21.6. The van der Waals surface area contributed by atoms with Gasteiger partial charge in [0.2, 0.25) is 11.1 Å². The van der Waals surface area contributed by atoms with Gasteiger partial charge < -0.3 is 20.2 Å². The molecule has 0 saturated heterocycles. The van der Waals surface area contributed by atoms with Gasteiger partial charge >= 0.3 is 0 Å². The number of methoxy groups -OCH3 is 1. The quantitative estimate of drug-likeness (QED) is 0.522. The first-order chi connectivity index (χ1) is 15.2. The van der Waals surface area contributed by atoms with Gasteiger partial charge in [-0.15, -0.1) is 10.2 Å². The summed E-state index contributed by atoms with van der Waals surface area (Å²) >= 11 is 1.40. The third-order valence-electron chi connectivity index (χ3n) is 4.88. The lowest BCUT2D eigenvalue weighted by Gasteiger charge is -2.33. The number of amides is 1. The summed E-state index contributed by atoms with van der Waals surface area (Å²) in [5.74, 6) is 1.42. The van der Waals surface area contributed by atoms with E-state index >= 15 is 0 Å². The van der Waals surface area contributed by atoms with Crippen LogP contribution in [0.25, 0.3) is 11.4 Å². The molecule has 31 heavy (non-hydrogen) atoms. The highest BCUT2D eigenvalue weighted by molar-refractivity contribution is 8.00. The molecule has 162 valence electrons. The molecule has 9 heteroatoms. The second-order valence-corrected chi connectivity index (χ2v) is 8.05. The molecule has 0 fully saturated rings. The zero-order valence-corrected chi connectivity index (χ0v) is 18.3. The standard InChI is InChI=1S/C22H25N5O3S/c1-3-30-17-11-9-15(10-12-17)18-19(21(28)23-13-14-29-2)31-22-25-24-20(27(22)26-18)16-7-5-4-6-8-16/h4-12,18-19,26H,3,13-14H2,1-2H3,(H,23,28). The van der Waals surface area contributed by atoms with E-state index < -0.39 is 5.25 Å². The van der Waals surface area contributed by atoms with E-state index in [0.717, 1.165) is 16.9 Å². The number of thioether (sulfide) groups is 1. The lowest BCUT2D eigenvalue weighted by Crippen LogP contribution is -2.44. The lowest BCUT2D eigenvalue weighted by molar-refractivity contribution is -0.121. The van der Waals surface area contributed by atoms with Crippen LogP contribution >= 0.6 is 11.8 Å². The van der Waals surface area contributed by atoms with E-state index in [1.54, 1.807) is 7.11 Å². The Bertz CT molecular complexity index is 1010. The van der Waals surface area contributed by atoms with Crippen molar-refractivity contribution in [2.24, 2.45) is 0 Å². The summed E-state index contributed by atoms with van der Waals surface area (Å²) in [4.78, 5) is 13.0. The lowest BCUT2D eigenvalue weighted by atomic mass is 10.0. The number of rotatable bonds is 8. The molecule has 8 nitrogen and oxygen atoms in total. The number of hydrogen-bond donors (Lipinski definition) is 2. The third kappa shape index (κ3) is 4.67. The molecule has 1 aromatic heterocycles. The van der Waals surface area contributed by atoms with Crippen LogP contribution in [0.2, 0.25) is 0 Å². The number of carbonyl (C=O) groups excluding carboxylic acids is 1. The molecule has 3 aromatic rings. The van der Waals surface area contributed by atoms with Gasteiger partial charge in [-0.2, -0.15) is 0 Å². The predicted molar refractivity (Wildman–Crippen MR) is 120 cm³/mol. The SMILES string of the molecule is CCOc1ccc(C2Nn3c(nnc3-c3ccccc3)SC2C(=O)NCCOC)cc1. The van der Waals surface area contributed by atoms with Gasteiger partial charge in [-0.3, -0.25) is 4.79 Å². The highest BCUT2D eigenvalue weighted by Crippen LogP contribution is 2.38. The van der Waals surface area contributed by atoms with E-state index in [1.807, 2.05) is 66.2 Å². The fourth-order valence-corrected chi connectivity index (χ4v) is 4.50. The van der Waals surface area contributed by atoms with Gasteiger partial charge in [0.1, 0.15) is 11.0 Å². The highest BCUT2D eigenvalue weighted by atomic mass is 32.2. The average Bonchev–Trinajstić information content (AvgIpc) is 3.23. The number of benzene rings is 2. The monoisotopic (exact) mass is 439 g/mol. The topological polar surface area (TPSA) is 90.3 Å². The Labute approximate surface area is 185 Å². The van der Waals surface area contributed by atoms with Gasteiger partial charge in [0.25, 0.3) is 0 Å². The fraction of sp³-hybridized carbons (Fsp3) is 0.318. The summed E-state index contributed by atoms with van der Waals surface area (Å²) in [6.45, 7) is 3.46. The molecule has 1 amide bonds. The van der Waals surface area contributed by atoms with E-state index in [-0.39, 0.29) is 11.9 Å². The molecular formula is C22H25N5O3S. The number of ether oxygens (including phenoxy) is 2. The van der Waals surface area contributed by atoms with Gasteiger partial charge in [0, 0.05) is 19.2 Å². The number of fused-ring (bicyclic) bond motifs is 1. The van der Waals surface area contributed by atoms with Crippen molar-refractivity contribution in [2.75, 3.05) is 32.3 Å². The molecule has 2 unspecified atom stereocenters. The van der Waals surface area contributed by atoms with Crippen molar-refractivity contribution in [3.8, 4) is 17.1 Å². The number of nitrogens with zero attached hydrogens (tertiary/aromatic N) is 3. The van der Waals surface area contributed by atoms with Crippen molar-refractivity contribution in [3.05, 3.63) is 60.2 Å². The maximum absolute atomic E-state index is 13.0. The Hall–Kier alpha value is -3.04. The summed E-state index contributed by atoms with van der Waals surface area (Å²) in [5.41, 5.74) is 5.39. The van der Waals surface area contributed by atoms with Crippen molar-refractivity contribution in [2.45, 2.75) is 23.4 Å². The molecule has 2 atom stereocenters. The van der Waals surface area contributed by atoms with E-state index in [4.69, 9.17) is 9.47 Å². The molecule has 1 aliphatic heterocycles. The Morgan fingerprint density at radius 3 is 2.65 bits per heavy atom. The summed E-state index contributed by atoms with van der Waals surface area (Å²) in [6.07, 6.45) is 0. The second-order valence-electron chi connectivity index (χ2n) is 6.94. The Balaban J connectivity index is 1.66. The molecule has 0 saturated carbocycles. The molecule has 2 heterocycles. The Morgan fingerprint density at radius 2 is 1.94 bits per heavy atom. The van der Waals surface area contributed by atoms with Crippen molar-refractivity contribution >= 4 is 17.7 Å². The van der Waals surface area contributed by atoms with Gasteiger partial charge in [-0.05, 0) is 24.6 Å². The van der Waals surface area contributed by atoms with Crippen LogP contribution in [0, 0.1) is 0 Å². The van der Waals surface area contributed by atoms with Crippen molar-refractivity contribution in [1.29, 1.82) is 0 Å². The Morgan fingerprint density at radius 1 is 1.16 bits per heavy atom. The number of aromatic nitrogens is 3. The first-order valence-electron chi connectivity index (χ1n) is 10.1. The van der Waals surface area contributed by atoms with Crippen LogP contribution in [0.3, 0.4) is 0 Å². The molecule has 0 bridgehead atoms. The first-order valence-corrected chi connectivity index (χ1v) is 11.0. The molecule has 4 rings (SSSR count). The number of carbonyl (C=O) groups is 1. The van der Waals surface area contributed by atoms with Gasteiger partial charge in [-0.25, -0.2) is 4.68 Å². The number of hydrogen-bond acceptors (Lipinski definition) is 7. The number of nitrogens with one attached hydrogen (secondary N) is 2. The van der Waals surface area contributed by atoms with E-state index in [0.29, 0.717) is 30.7 Å². The van der Waals surface area contributed by atoms with E-state index in [9.17, 15) is 4.79 Å². The van der Waals surface area contributed by atoms with Crippen LogP contribution in [0.1, 0.15) is 18.5 Å². The molecule has 0 spiro atoms. The van der Waals surface area contributed by atoms with Crippen LogP contribution in [0.4, 0.5) is 0 Å². The van der Waals surface area contributed by atoms with Crippen molar-refractivity contribution in [3.63, 3.8) is 0 Å². The predicted octanol–water partition coefficient (Wildman–Crippen LogP) is 2.87. The normalized spacial score (nSPS) is 17.5. The summed E-state index contributed by atoms with van der Waals surface area (Å²) in [6, 6.07) is 17.4. The van der Waals surface area contributed by atoms with Crippen LogP contribution in [0.5, 0.6) is 5.75 Å². The van der Waals surface area contributed by atoms with Gasteiger partial charge in [0.05, 0.1) is 19.3 Å². The maximum atomic E-state index is 13.0. The summed E-state index contributed by atoms with van der Waals surface area (Å²) in [7, 11) is 1.61. The Kier molecular flexibility index (Phi) is 6.73.